The Labute approximate surface area is 170 Å². The van der Waals surface area contributed by atoms with Crippen molar-refractivity contribution in [3.05, 3.63) is 64.7 Å². The summed E-state index contributed by atoms with van der Waals surface area (Å²) < 4.78 is 32.2. The van der Waals surface area contributed by atoms with E-state index in [4.69, 9.17) is 16.3 Å². The summed E-state index contributed by atoms with van der Waals surface area (Å²) in [6, 6.07) is 13.4. The molecular weight excluding hydrogens is 400 g/mol. The van der Waals surface area contributed by atoms with Crippen molar-refractivity contribution >= 4 is 27.6 Å². The van der Waals surface area contributed by atoms with Crippen LogP contribution in [-0.2, 0) is 14.8 Å². The van der Waals surface area contributed by atoms with E-state index in [9.17, 15) is 13.2 Å². The second-order valence-electron chi connectivity index (χ2n) is 6.70. The Hall–Kier alpha value is -1.93. The van der Waals surface area contributed by atoms with Gasteiger partial charge in [0.2, 0.25) is 10.0 Å². The minimum absolute atomic E-state index is 0.256. The maximum absolute atomic E-state index is 12.7. The number of ether oxygens (including phenoxy) is 1. The zero-order valence-corrected chi connectivity index (χ0v) is 17.2. The average Bonchev–Trinajstić information content (AvgIpc) is 2.69. The zero-order valence-electron chi connectivity index (χ0n) is 15.7. The molecule has 0 atom stereocenters. The molecule has 0 radical (unpaired) electrons. The molecule has 1 heterocycles. The van der Waals surface area contributed by atoms with Gasteiger partial charge in [-0.2, -0.15) is 4.31 Å². The summed E-state index contributed by atoms with van der Waals surface area (Å²) in [5.41, 5.74) is 1.48. The Morgan fingerprint density at radius 1 is 1.00 bits per heavy atom. The molecule has 8 heteroatoms. The van der Waals surface area contributed by atoms with E-state index >= 15 is 0 Å². The van der Waals surface area contributed by atoms with Gasteiger partial charge in [0.1, 0.15) is 6.61 Å². The SMILES string of the molecule is Cc1ccc(S(=O)(=O)N2CCN(CCOC(=O)c3ccc(Cl)cc3)CC2)cc1. The van der Waals surface area contributed by atoms with Crippen molar-refractivity contribution in [3.63, 3.8) is 0 Å². The molecule has 0 N–H and O–H groups in total. The summed E-state index contributed by atoms with van der Waals surface area (Å²) in [4.78, 5) is 14.4. The van der Waals surface area contributed by atoms with Crippen LogP contribution in [-0.4, -0.2) is 62.9 Å². The number of carbonyl (C=O) groups excluding carboxylic acids is 1. The van der Waals surface area contributed by atoms with E-state index in [1.165, 1.54) is 4.31 Å². The van der Waals surface area contributed by atoms with Crippen molar-refractivity contribution in [2.45, 2.75) is 11.8 Å². The van der Waals surface area contributed by atoms with Gasteiger partial charge in [0.25, 0.3) is 0 Å². The lowest BCUT2D eigenvalue weighted by atomic mass is 10.2. The van der Waals surface area contributed by atoms with Gasteiger partial charge in [-0.05, 0) is 43.3 Å². The molecule has 1 saturated heterocycles. The molecule has 1 aliphatic rings. The number of nitrogens with zero attached hydrogens (tertiary/aromatic N) is 2. The minimum Gasteiger partial charge on any atom is -0.461 e. The summed E-state index contributed by atoms with van der Waals surface area (Å²) in [5.74, 6) is -0.391. The number of halogens is 1. The molecule has 0 spiro atoms. The van der Waals surface area contributed by atoms with Crippen LogP contribution in [0.5, 0.6) is 0 Å². The molecule has 3 rings (SSSR count). The number of aryl methyl sites for hydroxylation is 1. The zero-order chi connectivity index (χ0) is 20.1. The van der Waals surface area contributed by atoms with Crippen molar-refractivity contribution in [1.29, 1.82) is 0 Å². The number of hydrogen-bond donors (Lipinski definition) is 0. The van der Waals surface area contributed by atoms with E-state index in [1.54, 1.807) is 48.5 Å². The predicted octanol–water partition coefficient (Wildman–Crippen LogP) is 2.81. The molecule has 1 aliphatic heterocycles. The van der Waals surface area contributed by atoms with Crippen LogP contribution >= 0.6 is 11.6 Å². The highest BCUT2D eigenvalue weighted by molar-refractivity contribution is 7.89. The van der Waals surface area contributed by atoms with Gasteiger partial charge in [0.15, 0.2) is 0 Å². The fourth-order valence-corrected chi connectivity index (χ4v) is 4.54. The highest BCUT2D eigenvalue weighted by atomic mass is 35.5. The van der Waals surface area contributed by atoms with Crippen LogP contribution in [0, 0.1) is 6.92 Å². The Morgan fingerprint density at radius 3 is 2.21 bits per heavy atom. The molecule has 1 fully saturated rings. The standard InChI is InChI=1S/C20H23ClN2O4S/c1-16-2-8-19(9-3-16)28(25,26)23-12-10-22(11-13-23)14-15-27-20(24)17-4-6-18(21)7-5-17/h2-9H,10-15H2,1H3. The smallest absolute Gasteiger partial charge is 0.338 e. The van der Waals surface area contributed by atoms with Crippen LogP contribution in [0.1, 0.15) is 15.9 Å². The van der Waals surface area contributed by atoms with Gasteiger partial charge in [-0.25, -0.2) is 13.2 Å². The van der Waals surface area contributed by atoms with Gasteiger partial charge in [-0.15, -0.1) is 0 Å². The first-order valence-electron chi connectivity index (χ1n) is 9.08. The number of carbonyl (C=O) groups is 1. The van der Waals surface area contributed by atoms with Gasteiger partial charge < -0.3 is 4.74 Å². The molecular formula is C20H23ClN2O4S. The van der Waals surface area contributed by atoms with Crippen LogP contribution in [0.4, 0.5) is 0 Å². The fraction of sp³-hybridized carbons (Fsp3) is 0.350. The first kappa shape index (κ1) is 20.8. The molecule has 0 saturated carbocycles. The van der Waals surface area contributed by atoms with E-state index in [1.807, 2.05) is 6.92 Å². The molecule has 0 unspecified atom stereocenters. The van der Waals surface area contributed by atoms with E-state index in [2.05, 4.69) is 4.90 Å². The first-order valence-corrected chi connectivity index (χ1v) is 10.9. The third kappa shape index (κ3) is 5.11. The van der Waals surface area contributed by atoms with Gasteiger partial charge in [0, 0.05) is 37.7 Å². The van der Waals surface area contributed by atoms with Crippen LogP contribution in [0.2, 0.25) is 5.02 Å². The third-order valence-corrected chi connectivity index (χ3v) is 6.88. The normalized spacial score (nSPS) is 16.1. The lowest BCUT2D eigenvalue weighted by Crippen LogP contribution is -2.49. The summed E-state index contributed by atoms with van der Waals surface area (Å²) in [6.07, 6.45) is 0. The van der Waals surface area contributed by atoms with E-state index < -0.39 is 16.0 Å². The molecule has 0 aliphatic carbocycles. The maximum atomic E-state index is 12.7. The van der Waals surface area contributed by atoms with Crippen LogP contribution in [0.3, 0.4) is 0 Å². The molecule has 2 aromatic rings. The summed E-state index contributed by atoms with van der Waals surface area (Å²) in [5, 5.41) is 0.565. The molecule has 6 nitrogen and oxygen atoms in total. The highest BCUT2D eigenvalue weighted by Gasteiger charge is 2.28. The van der Waals surface area contributed by atoms with Gasteiger partial charge in [-0.3, -0.25) is 4.90 Å². The lowest BCUT2D eigenvalue weighted by molar-refractivity contribution is 0.0445. The predicted molar refractivity (Wildman–Crippen MR) is 108 cm³/mol. The largest absolute Gasteiger partial charge is 0.461 e. The first-order chi connectivity index (χ1) is 13.4. The Balaban J connectivity index is 1.45. The second-order valence-corrected chi connectivity index (χ2v) is 9.08. The fourth-order valence-electron chi connectivity index (χ4n) is 2.99. The van der Waals surface area contributed by atoms with Crippen molar-refractivity contribution in [2.75, 3.05) is 39.3 Å². The van der Waals surface area contributed by atoms with Crippen LogP contribution < -0.4 is 0 Å². The molecule has 0 bridgehead atoms. The van der Waals surface area contributed by atoms with Crippen LogP contribution in [0.15, 0.2) is 53.4 Å². The summed E-state index contributed by atoms with van der Waals surface area (Å²) in [7, 11) is -3.47. The second kappa shape index (κ2) is 9.05. The van der Waals surface area contributed by atoms with Gasteiger partial charge >= 0.3 is 5.97 Å². The number of benzene rings is 2. The van der Waals surface area contributed by atoms with Crippen molar-refractivity contribution in [1.82, 2.24) is 9.21 Å². The van der Waals surface area contributed by atoms with E-state index in [0.717, 1.165) is 5.56 Å². The van der Waals surface area contributed by atoms with Gasteiger partial charge in [-0.1, -0.05) is 29.3 Å². The highest BCUT2D eigenvalue weighted by Crippen LogP contribution is 2.18. The lowest BCUT2D eigenvalue weighted by Gasteiger charge is -2.33. The molecule has 28 heavy (non-hydrogen) atoms. The molecule has 150 valence electrons. The maximum Gasteiger partial charge on any atom is 0.338 e. The van der Waals surface area contributed by atoms with E-state index in [-0.39, 0.29) is 6.61 Å². The number of piperazine rings is 1. The Morgan fingerprint density at radius 2 is 1.61 bits per heavy atom. The Bertz CT molecular complexity index is 906. The van der Waals surface area contributed by atoms with Crippen molar-refractivity contribution in [3.8, 4) is 0 Å². The van der Waals surface area contributed by atoms with Crippen LogP contribution in [0.25, 0.3) is 0 Å². The number of rotatable bonds is 6. The number of esters is 1. The van der Waals surface area contributed by atoms with Crippen molar-refractivity contribution < 1.29 is 17.9 Å². The number of hydrogen-bond acceptors (Lipinski definition) is 5. The quantitative estimate of drug-likeness (QED) is 0.669. The Kier molecular flexibility index (Phi) is 6.72. The summed E-state index contributed by atoms with van der Waals surface area (Å²) >= 11 is 5.81. The third-order valence-electron chi connectivity index (χ3n) is 4.71. The molecule has 0 amide bonds. The van der Waals surface area contributed by atoms with E-state index in [0.29, 0.717) is 48.2 Å². The average molecular weight is 423 g/mol. The minimum atomic E-state index is -3.47. The number of sulfonamides is 1. The summed E-state index contributed by atoms with van der Waals surface area (Å²) in [6.45, 7) is 4.79. The van der Waals surface area contributed by atoms with Crippen molar-refractivity contribution in [2.24, 2.45) is 0 Å². The topological polar surface area (TPSA) is 66.9 Å². The van der Waals surface area contributed by atoms with Gasteiger partial charge in [0.05, 0.1) is 10.5 Å². The molecule has 2 aromatic carbocycles. The molecule has 0 aromatic heterocycles. The monoisotopic (exact) mass is 422 g/mol.